The Labute approximate surface area is 192 Å². The van der Waals surface area contributed by atoms with Crippen LogP contribution in [0.5, 0.6) is 11.5 Å². The second-order valence-electron chi connectivity index (χ2n) is 8.81. The second kappa shape index (κ2) is 11.3. The fraction of sp³-hybridized carbons (Fsp3) is 0.520. The fourth-order valence-electron chi connectivity index (χ4n) is 4.70. The highest BCUT2D eigenvalue weighted by atomic mass is 32.2. The molecular weight excluding hydrogens is 422 g/mol. The van der Waals surface area contributed by atoms with E-state index >= 15 is 0 Å². The molecule has 2 fully saturated rings. The minimum absolute atomic E-state index is 0.264. The molecule has 0 radical (unpaired) electrons. The molecule has 0 aromatic heterocycles. The van der Waals surface area contributed by atoms with Crippen LogP contribution in [0.25, 0.3) is 0 Å². The maximum absolute atomic E-state index is 12.6. The lowest BCUT2D eigenvalue weighted by molar-refractivity contribution is 0.0923. The quantitative estimate of drug-likeness (QED) is 0.575. The summed E-state index contributed by atoms with van der Waals surface area (Å²) in [6.45, 7) is 6.18. The van der Waals surface area contributed by atoms with Gasteiger partial charge in [-0.15, -0.1) is 0 Å². The maximum atomic E-state index is 12.6. The predicted octanol–water partition coefficient (Wildman–Crippen LogP) is 4.10. The number of hydrogen-bond acceptors (Lipinski definition) is 5. The molecule has 0 unspecified atom stereocenters. The van der Waals surface area contributed by atoms with E-state index in [9.17, 15) is 8.42 Å². The van der Waals surface area contributed by atoms with Crippen LogP contribution >= 0.6 is 0 Å². The summed E-state index contributed by atoms with van der Waals surface area (Å²) in [6.07, 6.45) is 7.39. The van der Waals surface area contributed by atoms with Crippen molar-refractivity contribution in [1.82, 2.24) is 14.5 Å². The van der Waals surface area contributed by atoms with Crippen molar-refractivity contribution in [2.75, 3.05) is 39.3 Å². The average Bonchev–Trinajstić information content (AvgIpc) is 2.84. The molecule has 0 spiro atoms. The molecule has 2 aromatic carbocycles. The van der Waals surface area contributed by atoms with Gasteiger partial charge < -0.3 is 14.5 Å². The molecule has 1 N–H and O–H groups in total. The van der Waals surface area contributed by atoms with Crippen molar-refractivity contribution in [1.29, 1.82) is 0 Å². The normalized spacial score (nSPS) is 19.1. The molecule has 0 atom stereocenters. The van der Waals surface area contributed by atoms with Gasteiger partial charge in [0.2, 0.25) is 10.0 Å². The smallest absolute Gasteiger partial charge is 0.240 e. The predicted molar refractivity (Wildman–Crippen MR) is 128 cm³/mol. The van der Waals surface area contributed by atoms with Crippen LogP contribution in [0.15, 0.2) is 59.5 Å². The fourth-order valence-corrected chi connectivity index (χ4v) is 5.77. The van der Waals surface area contributed by atoms with Crippen LogP contribution in [0, 0.1) is 0 Å². The van der Waals surface area contributed by atoms with Crippen LogP contribution < -0.4 is 9.46 Å². The zero-order chi connectivity index (χ0) is 22.2. The summed E-state index contributed by atoms with van der Waals surface area (Å²) in [7, 11) is -3.51. The summed E-state index contributed by atoms with van der Waals surface area (Å²) >= 11 is 0. The van der Waals surface area contributed by atoms with Crippen LogP contribution in [-0.2, 0) is 10.0 Å². The molecule has 0 saturated carbocycles. The Morgan fingerprint density at radius 3 is 2.19 bits per heavy atom. The van der Waals surface area contributed by atoms with E-state index in [1.165, 1.54) is 45.2 Å². The largest absolute Gasteiger partial charge is 0.457 e. The third kappa shape index (κ3) is 6.54. The number of likely N-dealkylation sites (tertiary alicyclic amines) is 2. The first-order valence-corrected chi connectivity index (χ1v) is 13.4. The lowest BCUT2D eigenvalue weighted by atomic mass is 10.00. The van der Waals surface area contributed by atoms with E-state index in [0.29, 0.717) is 12.3 Å². The number of para-hydroxylation sites is 1. The topological polar surface area (TPSA) is 61.9 Å². The number of benzene rings is 2. The summed E-state index contributed by atoms with van der Waals surface area (Å²) in [5.74, 6) is 1.34. The second-order valence-corrected chi connectivity index (χ2v) is 10.6. The number of nitrogens with zero attached hydrogens (tertiary/aromatic N) is 2. The van der Waals surface area contributed by atoms with E-state index in [-0.39, 0.29) is 4.90 Å². The number of rotatable bonds is 9. The van der Waals surface area contributed by atoms with Crippen LogP contribution in [0.4, 0.5) is 0 Å². The highest BCUT2D eigenvalue weighted by Crippen LogP contribution is 2.23. The first kappa shape index (κ1) is 23.2. The van der Waals surface area contributed by atoms with Gasteiger partial charge in [0, 0.05) is 12.6 Å². The van der Waals surface area contributed by atoms with Crippen molar-refractivity contribution >= 4 is 10.0 Å². The van der Waals surface area contributed by atoms with Crippen molar-refractivity contribution in [2.24, 2.45) is 0 Å². The summed E-state index contributed by atoms with van der Waals surface area (Å²) in [5, 5.41) is 0. The first-order chi connectivity index (χ1) is 15.6. The van der Waals surface area contributed by atoms with E-state index in [1.807, 2.05) is 30.3 Å². The van der Waals surface area contributed by atoms with Crippen LogP contribution in [-0.4, -0.2) is 63.5 Å². The Morgan fingerprint density at radius 1 is 0.844 bits per heavy atom. The lowest BCUT2D eigenvalue weighted by Crippen LogP contribution is -2.47. The Balaban J connectivity index is 1.17. The molecule has 2 aliphatic heterocycles. The Bertz CT molecular complexity index is 921. The van der Waals surface area contributed by atoms with Crippen molar-refractivity contribution in [3.8, 4) is 11.5 Å². The van der Waals surface area contributed by atoms with E-state index in [4.69, 9.17) is 4.74 Å². The first-order valence-electron chi connectivity index (χ1n) is 11.9. The van der Waals surface area contributed by atoms with Gasteiger partial charge in [-0.05, 0) is 101 Å². The highest BCUT2D eigenvalue weighted by Gasteiger charge is 2.25. The maximum Gasteiger partial charge on any atom is 0.240 e. The van der Waals surface area contributed by atoms with Gasteiger partial charge in [0.05, 0.1) is 4.90 Å². The molecule has 32 heavy (non-hydrogen) atoms. The number of hydrogen-bond donors (Lipinski definition) is 1. The van der Waals surface area contributed by atoms with Crippen molar-refractivity contribution in [2.45, 2.75) is 49.5 Å². The van der Waals surface area contributed by atoms with Crippen molar-refractivity contribution in [3.63, 3.8) is 0 Å². The molecule has 2 heterocycles. The molecule has 0 amide bonds. The van der Waals surface area contributed by atoms with Gasteiger partial charge in [-0.1, -0.05) is 24.6 Å². The molecule has 4 rings (SSSR count). The standard InChI is InChI=1S/C25H35N3O3S/c29-32(30,25-12-10-24(11-13-25)31-23-8-3-1-4-9-23)26-16-7-17-27-20-14-22(15-21-27)28-18-5-2-6-19-28/h1,3-4,8-13,22,26H,2,5-7,14-21H2. The van der Waals surface area contributed by atoms with E-state index in [1.54, 1.807) is 24.3 Å². The molecule has 2 saturated heterocycles. The Morgan fingerprint density at radius 2 is 1.50 bits per heavy atom. The third-order valence-corrected chi connectivity index (χ3v) is 8.00. The molecule has 2 aliphatic rings. The number of nitrogens with one attached hydrogen (secondary N) is 1. The van der Waals surface area contributed by atoms with Gasteiger partial charge in [-0.2, -0.15) is 0 Å². The zero-order valence-corrected chi connectivity index (χ0v) is 19.6. The summed E-state index contributed by atoms with van der Waals surface area (Å²) in [6, 6.07) is 16.7. The third-order valence-electron chi connectivity index (χ3n) is 6.52. The lowest BCUT2D eigenvalue weighted by Gasteiger charge is -2.40. The highest BCUT2D eigenvalue weighted by molar-refractivity contribution is 7.89. The molecule has 174 valence electrons. The number of sulfonamides is 1. The molecule has 0 bridgehead atoms. The van der Waals surface area contributed by atoms with Gasteiger partial charge in [0.25, 0.3) is 0 Å². The van der Waals surface area contributed by atoms with Crippen LogP contribution in [0.1, 0.15) is 38.5 Å². The van der Waals surface area contributed by atoms with Crippen molar-refractivity contribution < 1.29 is 13.2 Å². The Kier molecular flexibility index (Phi) is 8.19. The van der Waals surface area contributed by atoms with Gasteiger partial charge >= 0.3 is 0 Å². The summed E-state index contributed by atoms with van der Waals surface area (Å²) < 4.78 is 33.7. The Hall–Kier alpha value is -1.93. The van der Waals surface area contributed by atoms with Gasteiger partial charge in [0.15, 0.2) is 0 Å². The minimum Gasteiger partial charge on any atom is -0.457 e. The van der Waals surface area contributed by atoms with Gasteiger partial charge in [0.1, 0.15) is 11.5 Å². The van der Waals surface area contributed by atoms with Crippen LogP contribution in [0.3, 0.4) is 0 Å². The molecular formula is C25H35N3O3S. The summed E-state index contributed by atoms with van der Waals surface area (Å²) in [5.41, 5.74) is 0. The molecule has 7 heteroatoms. The SMILES string of the molecule is O=S(=O)(NCCCN1CCC(N2CCCCC2)CC1)c1ccc(Oc2ccccc2)cc1. The monoisotopic (exact) mass is 457 g/mol. The zero-order valence-electron chi connectivity index (χ0n) is 18.8. The number of ether oxygens (including phenoxy) is 1. The van der Waals surface area contributed by atoms with E-state index < -0.39 is 10.0 Å². The van der Waals surface area contributed by atoms with Crippen molar-refractivity contribution in [3.05, 3.63) is 54.6 Å². The number of piperidine rings is 2. The van der Waals surface area contributed by atoms with E-state index in [0.717, 1.165) is 37.8 Å². The molecule has 6 nitrogen and oxygen atoms in total. The summed E-state index contributed by atoms with van der Waals surface area (Å²) in [4.78, 5) is 5.43. The average molecular weight is 458 g/mol. The molecule has 0 aliphatic carbocycles. The minimum atomic E-state index is -3.51. The van der Waals surface area contributed by atoms with Gasteiger partial charge in [-0.25, -0.2) is 13.1 Å². The van der Waals surface area contributed by atoms with Crippen LogP contribution in [0.2, 0.25) is 0 Å². The van der Waals surface area contributed by atoms with Gasteiger partial charge in [-0.3, -0.25) is 0 Å². The van der Waals surface area contributed by atoms with E-state index in [2.05, 4.69) is 14.5 Å². The molecule has 2 aromatic rings.